The minimum absolute atomic E-state index is 0.0415. The number of ether oxygens (including phenoxy) is 1. The molecule has 0 saturated carbocycles. The van der Waals surface area contributed by atoms with Crippen LogP contribution in [0.3, 0.4) is 0 Å². The van der Waals surface area contributed by atoms with Gasteiger partial charge in [-0.2, -0.15) is 0 Å². The van der Waals surface area contributed by atoms with Crippen molar-refractivity contribution in [2.24, 2.45) is 0 Å². The number of nitrogens with one attached hydrogen (secondary N) is 2. The second-order valence-electron chi connectivity index (χ2n) is 7.32. The maximum absolute atomic E-state index is 12.5. The number of carbonyl (C=O) groups excluding carboxylic acids is 1. The highest BCUT2D eigenvalue weighted by Crippen LogP contribution is 2.44. The Morgan fingerprint density at radius 2 is 1.65 bits per heavy atom. The summed E-state index contributed by atoms with van der Waals surface area (Å²) in [6.45, 7) is 0.133. The van der Waals surface area contributed by atoms with Crippen molar-refractivity contribution in [1.82, 2.24) is 4.98 Å². The summed E-state index contributed by atoms with van der Waals surface area (Å²) in [7, 11) is 0. The molecule has 6 nitrogen and oxygen atoms in total. The topological polar surface area (TPSA) is 91.4 Å². The molecule has 1 aromatic heterocycles. The minimum atomic E-state index is -1.16. The smallest absolute Gasteiger partial charge is 0.412 e. The van der Waals surface area contributed by atoms with Gasteiger partial charge in [-0.15, -0.1) is 0 Å². The molecule has 0 unspecified atom stereocenters. The third-order valence-corrected chi connectivity index (χ3v) is 5.78. The highest BCUT2D eigenvalue weighted by Gasteiger charge is 2.29. The molecule has 0 radical (unpaired) electrons. The predicted molar refractivity (Wildman–Crippen MR) is 119 cm³/mol. The van der Waals surface area contributed by atoms with Gasteiger partial charge in [0.1, 0.15) is 18.0 Å². The molecule has 4 aromatic rings. The van der Waals surface area contributed by atoms with E-state index in [1.165, 1.54) is 0 Å². The van der Waals surface area contributed by atoms with Crippen molar-refractivity contribution in [3.63, 3.8) is 0 Å². The van der Waals surface area contributed by atoms with Crippen molar-refractivity contribution >= 4 is 40.4 Å². The van der Waals surface area contributed by atoms with Gasteiger partial charge in [-0.1, -0.05) is 66.2 Å². The van der Waals surface area contributed by atoms with E-state index in [1.54, 1.807) is 18.2 Å². The minimum Gasteiger partial charge on any atom is -0.478 e. The van der Waals surface area contributed by atoms with E-state index in [4.69, 9.17) is 16.3 Å². The highest BCUT2D eigenvalue weighted by molar-refractivity contribution is 6.31. The fraction of sp³-hybridized carbons (Fsp3) is 0.0833. The van der Waals surface area contributed by atoms with Crippen molar-refractivity contribution in [3.05, 3.63) is 88.4 Å². The quantitative estimate of drug-likeness (QED) is 0.375. The second kappa shape index (κ2) is 7.49. The first-order valence-corrected chi connectivity index (χ1v) is 10.1. The van der Waals surface area contributed by atoms with E-state index in [1.807, 2.05) is 36.4 Å². The Hall–Kier alpha value is -3.77. The number of hydrogen-bond acceptors (Lipinski definition) is 3. The van der Waals surface area contributed by atoms with Crippen LogP contribution in [0.2, 0.25) is 5.02 Å². The summed E-state index contributed by atoms with van der Waals surface area (Å²) < 4.78 is 5.51. The molecule has 154 valence electrons. The highest BCUT2D eigenvalue weighted by atomic mass is 35.5. The maximum Gasteiger partial charge on any atom is 0.412 e. The van der Waals surface area contributed by atoms with E-state index < -0.39 is 12.1 Å². The number of aromatic nitrogens is 1. The number of carbonyl (C=O) groups is 2. The van der Waals surface area contributed by atoms with Gasteiger partial charge in [0.15, 0.2) is 0 Å². The van der Waals surface area contributed by atoms with E-state index in [-0.39, 0.29) is 23.9 Å². The van der Waals surface area contributed by atoms with Crippen LogP contribution in [-0.2, 0) is 4.74 Å². The average molecular weight is 433 g/mol. The van der Waals surface area contributed by atoms with Crippen molar-refractivity contribution in [3.8, 4) is 11.1 Å². The molecular formula is C24H17ClN2O4. The molecule has 0 fully saturated rings. The first-order chi connectivity index (χ1) is 15.0. The van der Waals surface area contributed by atoms with Crippen LogP contribution < -0.4 is 5.32 Å². The van der Waals surface area contributed by atoms with Crippen LogP contribution in [-0.4, -0.2) is 28.8 Å². The van der Waals surface area contributed by atoms with Crippen molar-refractivity contribution in [2.45, 2.75) is 5.92 Å². The fourth-order valence-corrected chi connectivity index (χ4v) is 4.39. The number of aromatic carboxylic acids is 1. The van der Waals surface area contributed by atoms with E-state index in [0.717, 1.165) is 22.3 Å². The Morgan fingerprint density at radius 3 is 2.29 bits per heavy atom. The number of benzene rings is 3. The summed E-state index contributed by atoms with van der Waals surface area (Å²) in [4.78, 5) is 27.2. The first kappa shape index (κ1) is 19.2. The molecule has 1 heterocycles. The Bertz CT molecular complexity index is 1300. The number of carboxylic acid groups (broad SMARTS) is 1. The fourth-order valence-electron chi connectivity index (χ4n) is 4.22. The lowest BCUT2D eigenvalue weighted by Gasteiger charge is -2.14. The SMILES string of the molecule is O=C(Nc1[nH]c2cc(Cl)ccc2c1C(=O)O)OCC1c2ccccc2-c2ccccc21. The van der Waals surface area contributed by atoms with Crippen molar-refractivity contribution in [1.29, 1.82) is 0 Å². The Balaban J connectivity index is 1.38. The summed E-state index contributed by atoms with van der Waals surface area (Å²) in [6.07, 6.45) is -0.734. The Morgan fingerprint density at radius 1 is 1.00 bits per heavy atom. The molecule has 7 heteroatoms. The third-order valence-electron chi connectivity index (χ3n) is 5.55. The normalized spacial score (nSPS) is 12.4. The summed E-state index contributed by atoms with van der Waals surface area (Å²) in [5.74, 6) is -1.19. The van der Waals surface area contributed by atoms with Gasteiger partial charge >= 0.3 is 12.1 Å². The summed E-state index contributed by atoms with van der Waals surface area (Å²) >= 11 is 5.99. The number of rotatable bonds is 4. The van der Waals surface area contributed by atoms with Crippen LogP contribution in [0.25, 0.3) is 22.0 Å². The molecule has 1 amide bonds. The van der Waals surface area contributed by atoms with Gasteiger partial charge in [0.25, 0.3) is 0 Å². The van der Waals surface area contributed by atoms with Crippen molar-refractivity contribution in [2.75, 3.05) is 11.9 Å². The molecule has 3 N–H and O–H groups in total. The lowest BCUT2D eigenvalue weighted by molar-refractivity contribution is 0.0700. The summed E-state index contributed by atoms with van der Waals surface area (Å²) in [5.41, 5.74) is 4.94. The van der Waals surface area contributed by atoms with Gasteiger partial charge in [0.05, 0.1) is 0 Å². The second-order valence-corrected chi connectivity index (χ2v) is 7.76. The molecule has 0 bridgehead atoms. The van der Waals surface area contributed by atoms with Gasteiger partial charge in [-0.05, 0) is 34.4 Å². The standard InChI is InChI=1S/C24H17ClN2O4/c25-13-9-10-18-20(11-13)26-22(21(18)23(28)29)27-24(30)31-12-19-16-7-3-1-5-14(16)15-6-2-4-8-17(15)19/h1-11,19,26H,12H2,(H,27,30)(H,28,29). The van der Waals surface area contributed by atoms with Crippen LogP contribution in [0.1, 0.15) is 27.4 Å². The van der Waals surface area contributed by atoms with Crippen LogP contribution in [0.15, 0.2) is 66.7 Å². The van der Waals surface area contributed by atoms with E-state index in [0.29, 0.717) is 15.9 Å². The monoisotopic (exact) mass is 432 g/mol. The third kappa shape index (κ3) is 3.31. The zero-order valence-corrected chi connectivity index (χ0v) is 16.9. The number of fused-ring (bicyclic) bond motifs is 4. The van der Waals surface area contributed by atoms with Gasteiger partial charge in [0.2, 0.25) is 0 Å². The largest absolute Gasteiger partial charge is 0.478 e. The van der Waals surface area contributed by atoms with Crippen LogP contribution in [0.5, 0.6) is 0 Å². The number of hydrogen-bond donors (Lipinski definition) is 3. The van der Waals surface area contributed by atoms with Crippen LogP contribution >= 0.6 is 11.6 Å². The molecule has 1 aliphatic carbocycles. The Kier molecular flexibility index (Phi) is 4.64. The number of carboxylic acids is 1. The number of aromatic amines is 1. The lowest BCUT2D eigenvalue weighted by atomic mass is 9.98. The summed E-state index contributed by atoms with van der Waals surface area (Å²) in [6, 6.07) is 20.9. The van der Waals surface area contributed by atoms with E-state index >= 15 is 0 Å². The predicted octanol–water partition coefficient (Wildman–Crippen LogP) is 5.88. The summed E-state index contributed by atoms with van der Waals surface area (Å²) in [5, 5.41) is 13.0. The van der Waals surface area contributed by atoms with Crippen LogP contribution in [0.4, 0.5) is 10.6 Å². The zero-order chi connectivity index (χ0) is 21.5. The van der Waals surface area contributed by atoms with Crippen molar-refractivity contribution < 1.29 is 19.4 Å². The number of amides is 1. The number of H-pyrrole nitrogens is 1. The maximum atomic E-state index is 12.5. The van der Waals surface area contributed by atoms with Gasteiger partial charge in [0, 0.05) is 21.8 Å². The molecule has 0 aliphatic heterocycles. The van der Waals surface area contributed by atoms with Gasteiger partial charge in [-0.3, -0.25) is 5.32 Å². The molecule has 0 saturated heterocycles. The molecule has 0 atom stereocenters. The van der Waals surface area contributed by atoms with E-state index in [9.17, 15) is 14.7 Å². The number of halogens is 1. The van der Waals surface area contributed by atoms with Gasteiger partial charge in [-0.25, -0.2) is 9.59 Å². The average Bonchev–Trinajstić information content (AvgIpc) is 3.27. The molecule has 3 aromatic carbocycles. The van der Waals surface area contributed by atoms with Gasteiger partial charge < -0.3 is 14.8 Å². The Labute approximate surface area is 182 Å². The molecule has 5 rings (SSSR count). The van der Waals surface area contributed by atoms with E-state index in [2.05, 4.69) is 22.4 Å². The molecular weight excluding hydrogens is 416 g/mol. The van der Waals surface area contributed by atoms with Crippen LogP contribution in [0, 0.1) is 0 Å². The molecule has 0 spiro atoms. The lowest BCUT2D eigenvalue weighted by Crippen LogP contribution is -2.19. The molecule has 31 heavy (non-hydrogen) atoms. The zero-order valence-electron chi connectivity index (χ0n) is 16.2. The molecule has 1 aliphatic rings. The first-order valence-electron chi connectivity index (χ1n) is 9.69. The number of anilines is 1.